The van der Waals surface area contributed by atoms with Crippen LogP contribution in [0.25, 0.3) is 0 Å². The summed E-state index contributed by atoms with van der Waals surface area (Å²) in [6.45, 7) is 2.98. The molecule has 24 heavy (non-hydrogen) atoms. The van der Waals surface area contributed by atoms with Crippen molar-refractivity contribution in [1.29, 1.82) is 0 Å². The summed E-state index contributed by atoms with van der Waals surface area (Å²) >= 11 is 0. The molecule has 128 valence electrons. The molecule has 0 saturated carbocycles. The molecule has 1 N–H and O–H groups in total. The molecule has 2 amide bonds. The predicted molar refractivity (Wildman–Crippen MR) is 85.2 cm³/mol. The third-order valence-corrected chi connectivity index (χ3v) is 5.27. The number of carbonyl (C=O) groups excluding carboxylic acids is 2. The topological polar surface area (TPSA) is 90.8 Å². The Hall–Kier alpha value is -2.44. The first-order valence-electron chi connectivity index (χ1n) is 8.12. The first-order chi connectivity index (χ1) is 11.4. The highest BCUT2D eigenvalue weighted by Crippen LogP contribution is 2.43. The lowest BCUT2D eigenvalue weighted by molar-refractivity contribution is -0.151. The normalized spacial score (nSPS) is 26.6. The Labute approximate surface area is 140 Å². The number of amides is 2. The van der Waals surface area contributed by atoms with E-state index in [1.807, 2.05) is 0 Å². The molecule has 2 saturated heterocycles. The van der Waals surface area contributed by atoms with Crippen molar-refractivity contribution < 1.29 is 19.5 Å². The Balaban J connectivity index is 1.85. The van der Waals surface area contributed by atoms with Crippen molar-refractivity contribution in [2.24, 2.45) is 11.3 Å². The number of carboxylic acids is 1. The van der Waals surface area contributed by atoms with Crippen molar-refractivity contribution in [1.82, 2.24) is 14.8 Å². The van der Waals surface area contributed by atoms with E-state index in [1.54, 1.807) is 34.3 Å². The summed E-state index contributed by atoms with van der Waals surface area (Å²) < 4.78 is 0. The zero-order valence-electron chi connectivity index (χ0n) is 13.6. The van der Waals surface area contributed by atoms with Crippen LogP contribution >= 0.6 is 0 Å². The number of aromatic nitrogens is 1. The fraction of sp³-hybridized carbons (Fsp3) is 0.529. The van der Waals surface area contributed by atoms with E-state index in [0.29, 0.717) is 38.0 Å². The molecule has 3 rings (SSSR count). The van der Waals surface area contributed by atoms with E-state index in [4.69, 9.17) is 0 Å². The lowest BCUT2D eigenvalue weighted by Crippen LogP contribution is -2.42. The van der Waals surface area contributed by atoms with E-state index in [1.165, 1.54) is 6.92 Å². The van der Waals surface area contributed by atoms with Gasteiger partial charge in [-0.1, -0.05) is 0 Å². The van der Waals surface area contributed by atoms with Crippen LogP contribution in [-0.2, 0) is 9.59 Å². The fourth-order valence-corrected chi connectivity index (χ4v) is 3.88. The summed E-state index contributed by atoms with van der Waals surface area (Å²) in [5, 5.41) is 9.82. The van der Waals surface area contributed by atoms with E-state index < -0.39 is 11.4 Å². The third kappa shape index (κ3) is 2.74. The molecular formula is C17H21N3O4. The molecule has 3 heterocycles. The predicted octanol–water partition coefficient (Wildman–Crippen LogP) is 0.867. The van der Waals surface area contributed by atoms with E-state index in [0.717, 1.165) is 0 Å². The van der Waals surface area contributed by atoms with Gasteiger partial charge in [-0.3, -0.25) is 19.4 Å². The van der Waals surface area contributed by atoms with Gasteiger partial charge in [0.1, 0.15) is 0 Å². The van der Waals surface area contributed by atoms with Gasteiger partial charge in [-0.25, -0.2) is 0 Å². The third-order valence-electron chi connectivity index (χ3n) is 5.27. The van der Waals surface area contributed by atoms with Gasteiger partial charge in [0.05, 0.1) is 5.41 Å². The van der Waals surface area contributed by atoms with Crippen molar-refractivity contribution in [3.63, 3.8) is 0 Å². The largest absolute Gasteiger partial charge is 0.481 e. The molecule has 0 aromatic carbocycles. The molecule has 0 spiro atoms. The van der Waals surface area contributed by atoms with Gasteiger partial charge in [0, 0.05) is 57.0 Å². The Morgan fingerprint density at radius 2 is 1.88 bits per heavy atom. The molecule has 0 radical (unpaired) electrons. The van der Waals surface area contributed by atoms with Crippen LogP contribution < -0.4 is 0 Å². The van der Waals surface area contributed by atoms with Gasteiger partial charge in [0.25, 0.3) is 5.91 Å². The number of hydrogen-bond donors (Lipinski definition) is 1. The van der Waals surface area contributed by atoms with Gasteiger partial charge in [0.2, 0.25) is 5.91 Å². The Morgan fingerprint density at radius 3 is 2.50 bits per heavy atom. The lowest BCUT2D eigenvalue weighted by atomic mass is 9.75. The quantitative estimate of drug-likeness (QED) is 0.868. The van der Waals surface area contributed by atoms with Gasteiger partial charge < -0.3 is 14.9 Å². The maximum atomic E-state index is 12.7. The number of carboxylic acid groups (broad SMARTS) is 1. The van der Waals surface area contributed by atoms with Gasteiger partial charge in [-0.2, -0.15) is 0 Å². The molecule has 7 nitrogen and oxygen atoms in total. The Kier molecular flexibility index (Phi) is 4.26. The van der Waals surface area contributed by atoms with Crippen LogP contribution in [0.15, 0.2) is 24.5 Å². The molecule has 0 aliphatic carbocycles. The van der Waals surface area contributed by atoms with Crippen molar-refractivity contribution in [3.05, 3.63) is 30.1 Å². The molecule has 0 bridgehead atoms. The number of likely N-dealkylation sites (tertiary alicyclic amines) is 2. The summed E-state index contributed by atoms with van der Waals surface area (Å²) in [7, 11) is 0. The van der Waals surface area contributed by atoms with E-state index in [-0.39, 0.29) is 24.3 Å². The molecule has 2 atom stereocenters. The van der Waals surface area contributed by atoms with Crippen LogP contribution in [0.3, 0.4) is 0 Å². The molecule has 7 heteroatoms. The molecule has 2 aliphatic rings. The second-order valence-electron chi connectivity index (χ2n) is 6.65. The summed E-state index contributed by atoms with van der Waals surface area (Å²) in [6, 6.07) is 3.32. The van der Waals surface area contributed by atoms with Gasteiger partial charge in [0.15, 0.2) is 0 Å². The minimum absolute atomic E-state index is 0.111. The van der Waals surface area contributed by atoms with Gasteiger partial charge in [-0.05, 0) is 25.0 Å². The van der Waals surface area contributed by atoms with Crippen molar-refractivity contribution in [3.8, 4) is 0 Å². The Bertz CT molecular complexity index is 663. The number of fused-ring (bicyclic) bond motifs is 1. The van der Waals surface area contributed by atoms with Gasteiger partial charge in [-0.15, -0.1) is 0 Å². The van der Waals surface area contributed by atoms with E-state index in [2.05, 4.69) is 4.98 Å². The molecule has 2 aliphatic heterocycles. The van der Waals surface area contributed by atoms with Crippen LogP contribution in [-0.4, -0.2) is 63.9 Å². The van der Waals surface area contributed by atoms with Crippen molar-refractivity contribution in [2.45, 2.75) is 19.8 Å². The van der Waals surface area contributed by atoms with Crippen LogP contribution in [0.5, 0.6) is 0 Å². The van der Waals surface area contributed by atoms with E-state index >= 15 is 0 Å². The minimum Gasteiger partial charge on any atom is -0.481 e. The highest BCUT2D eigenvalue weighted by Gasteiger charge is 2.54. The first-order valence-corrected chi connectivity index (χ1v) is 8.12. The highest BCUT2D eigenvalue weighted by atomic mass is 16.4. The molecule has 1 aromatic rings. The molecule has 1 aromatic heterocycles. The second-order valence-corrected chi connectivity index (χ2v) is 6.65. The van der Waals surface area contributed by atoms with Crippen LogP contribution in [0.2, 0.25) is 0 Å². The highest BCUT2D eigenvalue weighted by molar-refractivity contribution is 5.94. The smallest absolute Gasteiger partial charge is 0.311 e. The summed E-state index contributed by atoms with van der Waals surface area (Å²) in [5.74, 6) is -1.34. The van der Waals surface area contributed by atoms with Crippen LogP contribution in [0.1, 0.15) is 30.1 Å². The lowest BCUT2D eigenvalue weighted by Gasteiger charge is -2.29. The SMILES string of the molecule is CC(=O)N1C[C@@H]2CN(C(=O)c3ccncc3)CCC[C@]2(C(=O)O)C1. The Morgan fingerprint density at radius 1 is 1.21 bits per heavy atom. The average molecular weight is 331 g/mol. The summed E-state index contributed by atoms with van der Waals surface area (Å²) in [6.07, 6.45) is 4.24. The zero-order chi connectivity index (χ0) is 17.3. The number of carbonyl (C=O) groups is 3. The number of pyridine rings is 1. The molecule has 2 fully saturated rings. The van der Waals surface area contributed by atoms with Crippen molar-refractivity contribution in [2.75, 3.05) is 26.2 Å². The monoisotopic (exact) mass is 331 g/mol. The summed E-state index contributed by atoms with van der Waals surface area (Å²) in [4.78, 5) is 43.6. The number of aliphatic carboxylic acids is 1. The van der Waals surface area contributed by atoms with Gasteiger partial charge >= 0.3 is 5.97 Å². The number of nitrogens with zero attached hydrogens (tertiary/aromatic N) is 3. The minimum atomic E-state index is -0.945. The molecule has 0 unspecified atom stereocenters. The second kappa shape index (κ2) is 6.22. The summed E-state index contributed by atoms with van der Waals surface area (Å²) in [5.41, 5.74) is -0.395. The van der Waals surface area contributed by atoms with E-state index in [9.17, 15) is 19.5 Å². The van der Waals surface area contributed by atoms with Crippen LogP contribution in [0.4, 0.5) is 0 Å². The zero-order valence-corrected chi connectivity index (χ0v) is 13.6. The van der Waals surface area contributed by atoms with Crippen LogP contribution in [0, 0.1) is 11.3 Å². The molecular weight excluding hydrogens is 310 g/mol. The van der Waals surface area contributed by atoms with Crippen molar-refractivity contribution >= 4 is 17.8 Å². The fourth-order valence-electron chi connectivity index (χ4n) is 3.88. The number of hydrogen-bond acceptors (Lipinski definition) is 4. The first kappa shape index (κ1) is 16.4. The average Bonchev–Trinajstić information content (AvgIpc) is 2.85. The maximum absolute atomic E-state index is 12.7. The standard InChI is InChI=1S/C17H21N3O4/c1-12(21)20-10-14-9-19(15(22)13-3-6-18-7-4-13)8-2-5-17(14,11-20)16(23)24/h3-4,6-7,14H,2,5,8-11H2,1H3,(H,23,24)/t14-,17-/m0/s1. The number of rotatable bonds is 2. The maximum Gasteiger partial charge on any atom is 0.311 e.